The Bertz CT molecular complexity index is 450. The number of nitrogens with zero attached hydrogens (tertiary/aromatic N) is 1. The summed E-state index contributed by atoms with van der Waals surface area (Å²) < 4.78 is 18.1. The Labute approximate surface area is 125 Å². The van der Waals surface area contributed by atoms with Crippen molar-refractivity contribution < 1.29 is 13.9 Å². The van der Waals surface area contributed by atoms with E-state index >= 15 is 0 Å². The minimum absolute atomic E-state index is 0.0341. The molecule has 0 saturated carbocycles. The first-order chi connectivity index (χ1) is 10.1. The van der Waals surface area contributed by atoms with Crippen LogP contribution in [0.1, 0.15) is 19.8 Å². The highest BCUT2D eigenvalue weighted by atomic mass is 19.1. The Balaban J connectivity index is 1.59. The summed E-state index contributed by atoms with van der Waals surface area (Å²) in [6, 6.07) is 5.86. The quantitative estimate of drug-likeness (QED) is 0.817. The fourth-order valence-electron chi connectivity index (χ4n) is 2.58. The van der Waals surface area contributed by atoms with Crippen LogP contribution in [-0.4, -0.2) is 43.6 Å². The fourth-order valence-corrected chi connectivity index (χ4v) is 2.58. The van der Waals surface area contributed by atoms with Crippen LogP contribution in [0.3, 0.4) is 0 Å². The molecule has 0 spiro atoms. The Kier molecular flexibility index (Phi) is 5.99. The van der Waals surface area contributed by atoms with Gasteiger partial charge in [-0.15, -0.1) is 0 Å². The molecule has 1 aromatic carbocycles. The zero-order valence-corrected chi connectivity index (χ0v) is 12.5. The highest BCUT2D eigenvalue weighted by molar-refractivity contribution is 5.78. The topological polar surface area (TPSA) is 41.6 Å². The van der Waals surface area contributed by atoms with Gasteiger partial charge < -0.3 is 10.1 Å². The Morgan fingerprint density at radius 3 is 2.90 bits per heavy atom. The lowest BCUT2D eigenvalue weighted by atomic mass is 10.0. The third-order valence-electron chi connectivity index (χ3n) is 3.61. The first-order valence-electron chi connectivity index (χ1n) is 7.51. The van der Waals surface area contributed by atoms with E-state index < -0.39 is 0 Å². The maximum atomic E-state index is 12.7. The van der Waals surface area contributed by atoms with Gasteiger partial charge in [0.15, 0.2) is 0 Å². The Morgan fingerprint density at radius 2 is 2.19 bits per heavy atom. The largest absolute Gasteiger partial charge is 0.492 e. The summed E-state index contributed by atoms with van der Waals surface area (Å²) in [4.78, 5) is 14.0. The van der Waals surface area contributed by atoms with Gasteiger partial charge in [-0.3, -0.25) is 9.69 Å². The maximum Gasteiger partial charge on any atom is 0.234 e. The highest BCUT2D eigenvalue weighted by Crippen LogP contribution is 2.14. The normalized spacial score (nSPS) is 19.2. The highest BCUT2D eigenvalue weighted by Gasteiger charge is 2.18. The van der Waals surface area contributed by atoms with E-state index in [1.165, 1.54) is 25.0 Å². The molecule has 0 aromatic heterocycles. The van der Waals surface area contributed by atoms with Crippen LogP contribution in [0.15, 0.2) is 24.3 Å². The number of carbonyl (C=O) groups excluding carboxylic acids is 1. The lowest BCUT2D eigenvalue weighted by molar-refractivity contribution is -0.122. The molecule has 0 radical (unpaired) electrons. The number of hydrogen-bond acceptors (Lipinski definition) is 3. The van der Waals surface area contributed by atoms with E-state index in [4.69, 9.17) is 4.74 Å². The molecule has 1 atom stereocenters. The number of nitrogens with one attached hydrogen (secondary N) is 1. The summed E-state index contributed by atoms with van der Waals surface area (Å²) in [5, 5.41) is 2.85. The van der Waals surface area contributed by atoms with Crippen molar-refractivity contribution in [1.29, 1.82) is 0 Å². The molecule has 0 bridgehead atoms. The van der Waals surface area contributed by atoms with Crippen molar-refractivity contribution >= 4 is 5.91 Å². The van der Waals surface area contributed by atoms with Crippen molar-refractivity contribution in [2.75, 3.05) is 32.8 Å². The first-order valence-corrected chi connectivity index (χ1v) is 7.51. The van der Waals surface area contributed by atoms with Crippen LogP contribution in [0, 0.1) is 11.7 Å². The third-order valence-corrected chi connectivity index (χ3v) is 3.61. The smallest absolute Gasteiger partial charge is 0.234 e. The second-order valence-electron chi connectivity index (χ2n) is 5.63. The molecule has 1 aromatic rings. The van der Waals surface area contributed by atoms with Crippen molar-refractivity contribution in [3.63, 3.8) is 0 Å². The molecule has 116 valence electrons. The number of likely N-dealkylation sites (tertiary alicyclic amines) is 1. The van der Waals surface area contributed by atoms with Gasteiger partial charge in [0, 0.05) is 6.54 Å². The third kappa shape index (κ3) is 5.71. The standard InChI is InChI=1S/C16H23FN2O2/c1-13-3-2-9-19(11-13)12-16(20)18-8-10-21-15-6-4-14(17)5-7-15/h4-7,13H,2-3,8-12H2,1H3,(H,18,20). The predicted molar refractivity (Wildman–Crippen MR) is 79.7 cm³/mol. The van der Waals surface area contributed by atoms with E-state index in [2.05, 4.69) is 17.1 Å². The number of halogens is 1. The zero-order valence-electron chi connectivity index (χ0n) is 12.5. The summed E-state index contributed by atoms with van der Waals surface area (Å²) in [7, 11) is 0. The average Bonchev–Trinajstić information content (AvgIpc) is 2.45. The van der Waals surface area contributed by atoms with Crippen LogP contribution in [0.5, 0.6) is 5.75 Å². The molecule has 1 aliphatic rings. The minimum Gasteiger partial charge on any atom is -0.492 e. The van der Waals surface area contributed by atoms with E-state index in [0.717, 1.165) is 13.1 Å². The van der Waals surface area contributed by atoms with Crippen LogP contribution in [0.2, 0.25) is 0 Å². The van der Waals surface area contributed by atoms with Gasteiger partial charge >= 0.3 is 0 Å². The van der Waals surface area contributed by atoms with Gasteiger partial charge in [-0.1, -0.05) is 6.92 Å². The SMILES string of the molecule is CC1CCCN(CC(=O)NCCOc2ccc(F)cc2)C1. The molecule has 5 heteroatoms. The second-order valence-corrected chi connectivity index (χ2v) is 5.63. The number of hydrogen-bond donors (Lipinski definition) is 1. The van der Waals surface area contributed by atoms with Crippen molar-refractivity contribution in [2.24, 2.45) is 5.92 Å². The molecule has 1 N–H and O–H groups in total. The van der Waals surface area contributed by atoms with E-state index in [9.17, 15) is 9.18 Å². The van der Waals surface area contributed by atoms with Gasteiger partial charge in [-0.05, 0) is 49.6 Å². The summed E-state index contributed by atoms with van der Waals surface area (Å²) in [5.41, 5.74) is 0. The predicted octanol–water partition coefficient (Wildman–Crippen LogP) is 2.05. The first kappa shape index (κ1) is 15.8. The number of benzene rings is 1. The molecule has 1 heterocycles. The van der Waals surface area contributed by atoms with E-state index in [1.54, 1.807) is 12.1 Å². The second kappa shape index (κ2) is 7.98. The van der Waals surface area contributed by atoms with Gasteiger partial charge in [-0.25, -0.2) is 4.39 Å². The molecule has 1 amide bonds. The molecule has 1 aliphatic heterocycles. The summed E-state index contributed by atoms with van der Waals surface area (Å²) in [6.45, 7) is 5.53. The monoisotopic (exact) mass is 294 g/mol. The molecule has 1 fully saturated rings. The molecular formula is C16H23FN2O2. The van der Waals surface area contributed by atoms with Gasteiger partial charge in [0.2, 0.25) is 5.91 Å². The van der Waals surface area contributed by atoms with Crippen molar-refractivity contribution in [2.45, 2.75) is 19.8 Å². The van der Waals surface area contributed by atoms with E-state index in [1.807, 2.05) is 0 Å². The molecule has 4 nitrogen and oxygen atoms in total. The van der Waals surface area contributed by atoms with Crippen molar-refractivity contribution in [3.8, 4) is 5.75 Å². The lowest BCUT2D eigenvalue weighted by Crippen LogP contribution is -2.42. The van der Waals surface area contributed by atoms with E-state index in [0.29, 0.717) is 31.4 Å². The Morgan fingerprint density at radius 1 is 1.43 bits per heavy atom. The van der Waals surface area contributed by atoms with Crippen LogP contribution >= 0.6 is 0 Å². The van der Waals surface area contributed by atoms with Crippen molar-refractivity contribution in [1.82, 2.24) is 10.2 Å². The number of carbonyl (C=O) groups is 1. The molecule has 1 unspecified atom stereocenters. The molecule has 1 saturated heterocycles. The van der Waals surface area contributed by atoms with Crippen LogP contribution in [0.25, 0.3) is 0 Å². The van der Waals surface area contributed by atoms with Gasteiger partial charge in [0.1, 0.15) is 18.2 Å². The van der Waals surface area contributed by atoms with E-state index in [-0.39, 0.29) is 11.7 Å². The molecule has 0 aliphatic carbocycles. The minimum atomic E-state index is -0.286. The molecular weight excluding hydrogens is 271 g/mol. The maximum absolute atomic E-state index is 12.7. The number of piperidine rings is 1. The fraction of sp³-hybridized carbons (Fsp3) is 0.562. The van der Waals surface area contributed by atoms with Gasteiger partial charge in [0.25, 0.3) is 0 Å². The number of rotatable bonds is 6. The average molecular weight is 294 g/mol. The van der Waals surface area contributed by atoms with Crippen molar-refractivity contribution in [3.05, 3.63) is 30.1 Å². The molecule has 2 rings (SSSR count). The number of ether oxygens (including phenoxy) is 1. The number of amides is 1. The zero-order chi connectivity index (χ0) is 15.1. The van der Waals surface area contributed by atoms with Crippen LogP contribution in [-0.2, 0) is 4.79 Å². The Hall–Kier alpha value is -1.62. The van der Waals surface area contributed by atoms with Crippen LogP contribution < -0.4 is 10.1 Å². The molecule has 21 heavy (non-hydrogen) atoms. The summed E-state index contributed by atoms with van der Waals surface area (Å²) in [6.07, 6.45) is 2.42. The van der Waals surface area contributed by atoms with Gasteiger partial charge in [0.05, 0.1) is 13.1 Å². The summed E-state index contributed by atoms with van der Waals surface area (Å²) >= 11 is 0. The van der Waals surface area contributed by atoms with Crippen LogP contribution in [0.4, 0.5) is 4.39 Å². The summed E-state index contributed by atoms with van der Waals surface area (Å²) in [5.74, 6) is 1.03. The van der Waals surface area contributed by atoms with Gasteiger partial charge in [-0.2, -0.15) is 0 Å². The lowest BCUT2D eigenvalue weighted by Gasteiger charge is -2.30.